The van der Waals surface area contributed by atoms with E-state index in [9.17, 15) is 10.2 Å². The molecule has 0 unspecified atom stereocenters. The molecule has 3 aromatic carbocycles. The summed E-state index contributed by atoms with van der Waals surface area (Å²) in [6.07, 6.45) is 0. The number of aromatic hydroxyl groups is 2. The molecule has 0 aliphatic rings. The number of phenolic OH excluding ortho intramolecular Hbond substituents is 2. The Morgan fingerprint density at radius 3 is 1.68 bits per heavy atom. The zero-order valence-corrected chi connectivity index (χ0v) is 15.7. The molecule has 2 N–H and O–H groups in total. The highest BCUT2D eigenvalue weighted by Crippen LogP contribution is 2.32. The normalized spacial score (nSPS) is 10.8. The van der Waals surface area contributed by atoms with E-state index in [2.05, 4.69) is 15.0 Å². The van der Waals surface area contributed by atoms with Crippen LogP contribution in [-0.2, 0) is 0 Å². The predicted molar refractivity (Wildman–Crippen MR) is 109 cm³/mol. The van der Waals surface area contributed by atoms with E-state index in [0.29, 0.717) is 33.6 Å². The number of benzene rings is 3. The third-order valence-corrected chi connectivity index (χ3v) is 4.44. The number of nitrogens with zero attached hydrogens (tertiary/aromatic N) is 3. The lowest BCUT2D eigenvalue weighted by atomic mass is 10.1. The molecule has 6 heteroatoms. The lowest BCUT2D eigenvalue weighted by molar-refractivity contribution is 0.477. The van der Waals surface area contributed by atoms with Crippen LogP contribution in [0.2, 0.25) is 5.02 Å². The van der Waals surface area contributed by atoms with Crippen molar-refractivity contribution < 1.29 is 10.2 Å². The van der Waals surface area contributed by atoms with E-state index in [4.69, 9.17) is 11.6 Å². The Kier molecular flexibility index (Phi) is 4.67. The first-order valence-corrected chi connectivity index (χ1v) is 8.99. The maximum Gasteiger partial charge on any atom is 0.167 e. The van der Waals surface area contributed by atoms with E-state index in [1.165, 1.54) is 0 Å². The van der Waals surface area contributed by atoms with Crippen molar-refractivity contribution >= 4 is 11.6 Å². The van der Waals surface area contributed by atoms with Crippen LogP contribution in [0.4, 0.5) is 0 Å². The number of aryl methyl sites for hydroxylation is 1. The van der Waals surface area contributed by atoms with Gasteiger partial charge in [-0.05, 0) is 55.0 Å². The summed E-state index contributed by atoms with van der Waals surface area (Å²) in [5, 5.41) is 21.1. The highest BCUT2D eigenvalue weighted by molar-refractivity contribution is 6.30. The fraction of sp³-hybridized carbons (Fsp3) is 0.0455. The summed E-state index contributed by atoms with van der Waals surface area (Å²) >= 11 is 6.21. The van der Waals surface area contributed by atoms with Crippen molar-refractivity contribution in [2.75, 3.05) is 0 Å². The van der Waals surface area contributed by atoms with Crippen molar-refractivity contribution in [1.29, 1.82) is 0 Å². The molecule has 138 valence electrons. The molecule has 0 radical (unpaired) electrons. The van der Waals surface area contributed by atoms with Crippen LogP contribution in [0, 0.1) is 6.92 Å². The second kappa shape index (κ2) is 7.29. The van der Waals surface area contributed by atoms with E-state index >= 15 is 0 Å². The van der Waals surface area contributed by atoms with Gasteiger partial charge in [0.2, 0.25) is 0 Å². The molecular weight excluding hydrogens is 374 g/mol. The minimum absolute atomic E-state index is 0.0603. The average molecular weight is 390 g/mol. The second-order valence-corrected chi connectivity index (χ2v) is 6.79. The van der Waals surface area contributed by atoms with E-state index in [1.54, 1.807) is 54.6 Å². The first kappa shape index (κ1) is 17.9. The number of halogens is 1. The summed E-state index contributed by atoms with van der Waals surface area (Å²) in [5.74, 6) is 1.13. The molecule has 28 heavy (non-hydrogen) atoms. The topological polar surface area (TPSA) is 79.1 Å². The van der Waals surface area contributed by atoms with Crippen LogP contribution in [0.3, 0.4) is 0 Å². The Labute approximate surface area is 167 Å². The van der Waals surface area contributed by atoms with Crippen LogP contribution in [0.15, 0.2) is 66.7 Å². The molecule has 1 aromatic heterocycles. The second-order valence-electron chi connectivity index (χ2n) is 6.36. The highest BCUT2D eigenvalue weighted by atomic mass is 35.5. The van der Waals surface area contributed by atoms with Crippen LogP contribution >= 0.6 is 11.6 Å². The molecule has 0 saturated carbocycles. The minimum atomic E-state index is 0.0603. The van der Waals surface area contributed by atoms with Gasteiger partial charge in [-0.25, -0.2) is 15.0 Å². The van der Waals surface area contributed by atoms with Crippen LogP contribution in [0.25, 0.3) is 34.2 Å². The Bertz CT molecular complexity index is 1090. The molecule has 0 saturated heterocycles. The number of rotatable bonds is 3. The zero-order chi connectivity index (χ0) is 19.7. The third kappa shape index (κ3) is 3.52. The molecule has 0 aliphatic heterocycles. The van der Waals surface area contributed by atoms with Gasteiger partial charge in [0.15, 0.2) is 17.5 Å². The van der Waals surface area contributed by atoms with Crippen molar-refractivity contribution in [1.82, 2.24) is 15.0 Å². The van der Waals surface area contributed by atoms with Gasteiger partial charge in [0.25, 0.3) is 0 Å². The third-order valence-electron chi connectivity index (χ3n) is 4.23. The number of hydrogen-bond donors (Lipinski definition) is 2. The average Bonchev–Trinajstić information content (AvgIpc) is 2.67. The van der Waals surface area contributed by atoms with Gasteiger partial charge in [-0.15, -0.1) is 0 Å². The van der Waals surface area contributed by atoms with Crippen LogP contribution in [0.5, 0.6) is 11.5 Å². The van der Waals surface area contributed by atoms with E-state index in [-0.39, 0.29) is 11.5 Å². The Hall–Kier alpha value is -3.44. The molecule has 1 heterocycles. The summed E-state index contributed by atoms with van der Waals surface area (Å²) < 4.78 is 0. The summed E-state index contributed by atoms with van der Waals surface area (Å²) in [6.45, 7) is 1.93. The van der Waals surface area contributed by atoms with Gasteiger partial charge in [0, 0.05) is 10.6 Å². The number of para-hydroxylation sites is 2. The van der Waals surface area contributed by atoms with Gasteiger partial charge in [0.1, 0.15) is 11.5 Å². The highest BCUT2D eigenvalue weighted by Gasteiger charge is 2.16. The molecule has 0 amide bonds. The standard InChI is InChI=1S/C22H16ClN3O2/c1-13-10-14(12-15(23)11-13)20-24-21(16-6-2-4-8-18(16)27)26-22(25-20)17-7-3-5-9-19(17)28/h2-12,27-28H,1H3. The molecule has 0 fully saturated rings. The quantitative estimate of drug-likeness (QED) is 0.500. The van der Waals surface area contributed by atoms with E-state index in [1.807, 2.05) is 19.1 Å². The van der Waals surface area contributed by atoms with Crippen molar-refractivity contribution in [2.45, 2.75) is 6.92 Å². The summed E-state index contributed by atoms with van der Waals surface area (Å²) in [5.41, 5.74) is 2.64. The van der Waals surface area contributed by atoms with Crippen LogP contribution in [0.1, 0.15) is 5.56 Å². The molecule has 0 bridgehead atoms. The largest absolute Gasteiger partial charge is 0.507 e. The van der Waals surface area contributed by atoms with E-state index < -0.39 is 0 Å². The smallest absolute Gasteiger partial charge is 0.167 e. The molecular formula is C22H16ClN3O2. The first-order chi connectivity index (χ1) is 13.5. The van der Waals surface area contributed by atoms with Crippen molar-refractivity contribution in [3.8, 4) is 45.7 Å². The van der Waals surface area contributed by atoms with Crippen molar-refractivity contribution in [3.05, 3.63) is 77.3 Å². The van der Waals surface area contributed by atoms with Crippen molar-refractivity contribution in [3.63, 3.8) is 0 Å². The summed E-state index contributed by atoms with van der Waals surface area (Å²) in [4.78, 5) is 13.6. The van der Waals surface area contributed by atoms with Crippen molar-refractivity contribution in [2.24, 2.45) is 0 Å². The molecule has 0 aliphatic carbocycles. The maximum absolute atomic E-state index is 10.3. The molecule has 4 aromatic rings. The van der Waals surface area contributed by atoms with Gasteiger partial charge in [0.05, 0.1) is 11.1 Å². The minimum Gasteiger partial charge on any atom is -0.507 e. The lowest BCUT2D eigenvalue weighted by Gasteiger charge is -2.10. The zero-order valence-electron chi connectivity index (χ0n) is 15.0. The molecule has 0 atom stereocenters. The first-order valence-electron chi connectivity index (χ1n) is 8.61. The monoisotopic (exact) mass is 389 g/mol. The van der Waals surface area contributed by atoms with Gasteiger partial charge < -0.3 is 10.2 Å². The summed E-state index contributed by atoms with van der Waals surface area (Å²) in [7, 11) is 0. The summed E-state index contributed by atoms with van der Waals surface area (Å²) in [6, 6.07) is 19.2. The number of aromatic nitrogens is 3. The van der Waals surface area contributed by atoms with Gasteiger partial charge >= 0.3 is 0 Å². The van der Waals surface area contributed by atoms with Crippen LogP contribution in [-0.4, -0.2) is 25.2 Å². The Morgan fingerprint density at radius 1 is 0.679 bits per heavy atom. The maximum atomic E-state index is 10.3. The number of hydrogen-bond acceptors (Lipinski definition) is 5. The van der Waals surface area contributed by atoms with E-state index in [0.717, 1.165) is 11.1 Å². The molecule has 5 nitrogen and oxygen atoms in total. The Balaban J connectivity index is 1.99. The van der Waals surface area contributed by atoms with Gasteiger partial charge in [-0.1, -0.05) is 35.9 Å². The van der Waals surface area contributed by atoms with Gasteiger partial charge in [-0.3, -0.25) is 0 Å². The SMILES string of the molecule is Cc1cc(Cl)cc(-c2nc(-c3ccccc3O)nc(-c3ccccc3O)n2)c1. The fourth-order valence-corrected chi connectivity index (χ4v) is 3.23. The number of phenols is 2. The lowest BCUT2D eigenvalue weighted by Crippen LogP contribution is -2.00. The fourth-order valence-electron chi connectivity index (χ4n) is 2.94. The van der Waals surface area contributed by atoms with Crippen LogP contribution < -0.4 is 0 Å². The van der Waals surface area contributed by atoms with Gasteiger partial charge in [-0.2, -0.15) is 0 Å². The predicted octanol–water partition coefficient (Wildman–Crippen LogP) is 5.25. The molecule has 0 spiro atoms. The molecule has 4 rings (SSSR count). The Morgan fingerprint density at radius 2 is 1.18 bits per heavy atom.